The van der Waals surface area contributed by atoms with E-state index in [0.717, 1.165) is 28.0 Å². The molecule has 0 spiro atoms. The molecule has 0 fully saturated rings. The Labute approximate surface area is 114 Å². The Balaban J connectivity index is 2.05. The van der Waals surface area contributed by atoms with Gasteiger partial charge in [0, 0.05) is 11.5 Å². The van der Waals surface area contributed by atoms with Crippen molar-refractivity contribution in [1.29, 1.82) is 0 Å². The fraction of sp³-hybridized carbons (Fsp3) is 0.333. The first-order valence-corrected chi connectivity index (χ1v) is 6.44. The third-order valence-electron chi connectivity index (χ3n) is 2.60. The SMILES string of the molecule is Cn1ncnc1COc1ccc(Br)c(CCN)c1. The first-order valence-electron chi connectivity index (χ1n) is 5.65. The molecule has 5 nitrogen and oxygen atoms in total. The Morgan fingerprint density at radius 2 is 2.28 bits per heavy atom. The average Bonchev–Trinajstić information content (AvgIpc) is 2.76. The Kier molecular flexibility index (Phi) is 4.33. The minimum atomic E-state index is 0.403. The molecule has 96 valence electrons. The average molecular weight is 311 g/mol. The highest BCUT2D eigenvalue weighted by atomic mass is 79.9. The number of aryl methyl sites for hydroxylation is 1. The zero-order valence-corrected chi connectivity index (χ0v) is 11.7. The van der Waals surface area contributed by atoms with Crippen LogP contribution in [0.3, 0.4) is 0 Å². The van der Waals surface area contributed by atoms with E-state index in [0.29, 0.717) is 13.2 Å². The number of benzene rings is 1. The molecule has 0 unspecified atom stereocenters. The summed E-state index contributed by atoms with van der Waals surface area (Å²) in [6.45, 7) is 1.02. The van der Waals surface area contributed by atoms with Crippen LogP contribution in [0.1, 0.15) is 11.4 Å². The molecule has 0 saturated heterocycles. The summed E-state index contributed by atoms with van der Waals surface area (Å²) in [7, 11) is 1.84. The maximum absolute atomic E-state index is 5.69. The van der Waals surface area contributed by atoms with E-state index in [2.05, 4.69) is 26.0 Å². The minimum absolute atomic E-state index is 0.403. The topological polar surface area (TPSA) is 66.0 Å². The summed E-state index contributed by atoms with van der Waals surface area (Å²) >= 11 is 3.50. The van der Waals surface area contributed by atoms with Gasteiger partial charge in [-0.25, -0.2) is 4.98 Å². The maximum Gasteiger partial charge on any atom is 0.164 e. The molecule has 0 bridgehead atoms. The standard InChI is InChI=1S/C12H15BrN4O/c1-17-12(15-8-16-17)7-18-10-2-3-11(13)9(6-10)4-5-14/h2-3,6,8H,4-5,7,14H2,1H3. The lowest BCUT2D eigenvalue weighted by Gasteiger charge is -2.09. The van der Waals surface area contributed by atoms with E-state index in [1.807, 2.05) is 25.2 Å². The molecule has 1 aromatic heterocycles. The molecule has 2 N–H and O–H groups in total. The van der Waals surface area contributed by atoms with Crippen molar-refractivity contribution in [3.05, 3.63) is 40.4 Å². The molecule has 2 rings (SSSR count). The molecule has 2 aromatic rings. The molecule has 0 atom stereocenters. The van der Waals surface area contributed by atoms with Crippen LogP contribution in [0.5, 0.6) is 5.75 Å². The highest BCUT2D eigenvalue weighted by molar-refractivity contribution is 9.10. The summed E-state index contributed by atoms with van der Waals surface area (Å²) in [5.74, 6) is 1.60. The smallest absolute Gasteiger partial charge is 0.164 e. The third kappa shape index (κ3) is 3.08. The second-order valence-electron chi connectivity index (χ2n) is 3.88. The van der Waals surface area contributed by atoms with Gasteiger partial charge >= 0.3 is 0 Å². The van der Waals surface area contributed by atoms with Crippen molar-refractivity contribution < 1.29 is 4.74 Å². The van der Waals surface area contributed by atoms with Crippen molar-refractivity contribution in [2.45, 2.75) is 13.0 Å². The molecule has 0 aliphatic heterocycles. The van der Waals surface area contributed by atoms with Crippen molar-refractivity contribution in [3.8, 4) is 5.75 Å². The van der Waals surface area contributed by atoms with Crippen LogP contribution in [-0.4, -0.2) is 21.3 Å². The van der Waals surface area contributed by atoms with E-state index >= 15 is 0 Å². The highest BCUT2D eigenvalue weighted by Crippen LogP contribution is 2.23. The molecule has 18 heavy (non-hydrogen) atoms. The number of nitrogens with zero attached hydrogens (tertiary/aromatic N) is 3. The van der Waals surface area contributed by atoms with E-state index in [1.54, 1.807) is 4.68 Å². The van der Waals surface area contributed by atoms with Crippen molar-refractivity contribution >= 4 is 15.9 Å². The Hall–Kier alpha value is -1.40. The van der Waals surface area contributed by atoms with Gasteiger partial charge in [-0.15, -0.1) is 0 Å². The van der Waals surface area contributed by atoms with Crippen molar-refractivity contribution in [1.82, 2.24) is 14.8 Å². The monoisotopic (exact) mass is 310 g/mol. The summed E-state index contributed by atoms with van der Waals surface area (Å²) < 4.78 is 8.44. The molecule has 6 heteroatoms. The minimum Gasteiger partial charge on any atom is -0.486 e. The maximum atomic E-state index is 5.69. The quantitative estimate of drug-likeness (QED) is 0.912. The van der Waals surface area contributed by atoms with Crippen LogP contribution in [0.4, 0.5) is 0 Å². The molecule has 0 amide bonds. The second kappa shape index (κ2) is 5.97. The molecule has 0 radical (unpaired) electrons. The summed E-state index contributed by atoms with van der Waals surface area (Å²) in [5.41, 5.74) is 6.71. The lowest BCUT2D eigenvalue weighted by Crippen LogP contribution is -2.06. The van der Waals surface area contributed by atoms with E-state index in [9.17, 15) is 0 Å². The normalized spacial score (nSPS) is 10.6. The van der Waals surface area contributed by atoms with Crippen molar-refractivity contribution in [2.75, 3.05) is 6.54 Å². The zero-order valence-electron chi connectivity index (χ0n) is 10.1. The van der Waals surface area contributed by atoms with Gasteiger partial charge < -0.3 is 10.5 Å². The predicted molar refractivity (Wildman–Crippen MR) is 72.2 cm³/mol. The fourth-order valence-corrected chi connectivity index (χ4v) is 2.03. The van der Waals surface area contributed by atoms with E-state index in [1.165, 1.54) is 6.33 Å². The van der Waals surface area contributed by atoms with Gasteiger partial charge in [0.15, 0.2) is 5.82 Å². The number of ether oxygens (including phenoxy) is 1. The van der Waals surface area contributed by atoms with Gasteiger partial charge in [-0.3, -0.25) is 4.68 Å². The van der Waals surface area contributed by atoms with Crippen LogP contribution in [-0.2, 0) is 20.1 Å². The largest absolute Gasteiger partial charge is 0.486 e. The summed E-state index contributed by atoms with van der Waals surface area (Å²) in [5, 5.41) is 3.99. The van der Waals surface area contributed by atoms with Crippen LogP contribution in [0.25, 0.3) is 0 Å². The first-order chi connectivity index (χ1) is 8.70. The van der Waals surface area contributed by atoms with Crippen LogP contribution >= 0.6 is 15.9 Å². The van der Waals surface area contributed by atoms with E-state index in [4.69, 9.17) is 10.5 Å². The Morgan fingerprint density at radius 3 is 2.94 bits per heavy atom. The van der Waals surface area contributed by atoms with Gasteiger partial charge in [-0.2, -0.15) is 5.10 Å². The van der Waals surface area contributed by atoms with Crippen LogP contribution < -0.4 is 10.5 Å². The number of rotatable bonds is 5. The molecule has 1 aromatic carbocycles. The van der Waals surface area contributed by atoms with E-state index in [-0.39, 0.29) is 0 Å². The number of hydrogen-bond donors (Lipinski definition) is 1. The van der Waals surface area contributed by atoms with Crippen LogP contribution in [0.2, 0.25) is 0 Å². The summed E-state index contributed by atoms with van der Waals surface area (Å²) in [4.78, 5) is 4.10. The first kappa shape index (κ1) is 13.0. The van der Waals surface area contributed by atoms with Gasteiger partial charge in [-0.05, 0) is 36.7 Å². The van der Waals surface area contributed by atoms with Gasteiger partial charge in [0.25, 0.3) is 0 Å². The summed E-state index contributed by atoms with van der Waals surface area (Å²) in [6, 6.07) is 5.88. The molecule has 0 saturated carbocycles. The number of hydrogen-bond acceptors (Lipinski definition) is 4. The number of nitrogens with two attached hydrogens (primary N) is 1. The molecule has 1 heterocycles. The zero-order chi connectivity index (χ0) is 13.0. The van der Waals surface area contributed by atoms with Gasteiger partial charge in [0.05, 0.1) is 0 Å². The van der Waals surface area contributed by atoms with E-state index < -0.39 is 0 Å². The van der Waals surface area contributed by atoms with Crippen LogP contribution in [0, 0.1) is 0 Å². The molecule has 0 aliphatic carbocycles. The van der Waals surface area contributed by atoms with Crippen molar-refractivity contribution in [2.24, 2.45) is 12.8 Å². The number of aromatic nitrogens is 3. The summed E-state index contributed by atoms with van der Waals surface area (Å²) in [6.07, 6.45) is 2.34. The Bertz CT molecular complexity index is 527. The number of halogens is 1. The van der Waals surface area contributed by atoms with Gasteiger partial charge in [-0.1, -0.05) is 15.9 Å². The van der Waals surface area contributed by atoms with Crippen molar-refractivity contribution in [3.63, 3.8) is 0 Å². The lowest BCUT2D eigenvalue weighted by molar-refractivity contribution is 0.289. The molecule has 0 aliphatic rings. The second-order valence-corrected chi connectivity index (χ2v) is 4.73. The third-order valence-corrected chi connectivity index (χ3v) is 3.38. The highest BCUT2D eigenvalue weighted by Gasteiger charge is 2.04. The molecular formula is C12H15BrN4O. The lowest BCUT2D eigenvalue weighted by atomic mass is 10.1. The van der Waals surface area contributed by atoms with Gasteiger partial charge in [0.2, 0.25) is 0 Å². The fourth-order valence-electron chi connectivity index (χ4n) is 1.59. The predicted octanol–water partition coefficient (Wildman–Crippen LogP) is 1.66. The van der Waals surface area contributed by atoms with Gasteiger partial charge in [0.1, 0.15) is 18.7 Å². The Morgan fingerprint density at radius 1 is 1.44 bits per heavy atom. The molecular weight excluding hydrogens is 296 g/mol. The van der Waals surface area contributed by atoms with Crippen LogP contribution in [0.15, 0.2) is 29.0 Å².